The van der Waals surface area contributed by atoms with Gasteiger partial charge in [-0.2, -0.15) is 0 Å². The molecule has 1 fully saturated rings. The zero-order valence-corrected chi connectivity index (χ0v) is 30.3. The number of amides is 1. The number of hydrogen-bond acceptors (Lipinski definition) is 10. The summed E-state index contributed by atoms with van der Waals surface area (Å²) in [4.78, 5) is 24.6. The van der Waals surface area contributed by atoms with E-state index >= 15 is 0 Å². The molecule has 3 heterocycles. The minimum Gasteiger partial charge on any atom is -0.423 e. The summed E-state index contributed by atoms with van der Waals surface area (Å²) in [5, 5.41) is 3.33. The van der Waals surface area contributed by atoms with E-state index in [4.69, 9.17) is 25.3 Å². The number of unbranched alkanes of at least 4 members (excludes halogenated alkanes) is 15. The van der Waals surface area contributed by atoms with Crippen molar-refractivity contribution in [1.29, 1.82) is 0 Å². The molecule has 1 amide bonds. The molecule has 49 heavy (non-hydrogen) atoms. The number of nitrogens with one attached hydrogen (secondary N) is 1. The van der Waals surface area contributed by atoms with Crippen LogP contribution in [0.1, 0.15) is 115 Å². The summed E-state index contributed by atoms with van der Waals surface area (Å²) in [5.41, 5.74) is 13.6. The van der Waals surface area contributed by atoms with Crippen LogP contribution in [0.3, 0.4) is 0 Å². The molecule has 0 aliphatic carbocycles. The maximum Gasteiger partial charge on any atom is 0.404 e. The summed E-state index contributed by atoms with van der Waals surface area (Å²) < 4.78 is 32.2. The van der Waals surface area contributed by atoms with E-state index in [-0.39, 0.29) is 25.0 Å². The van der Waals surface area contributed by atoms with Crippen molar-refractivity contribution >= 4 is 30.5 Å². The largest absolute Gasteiger partial charge is 0.423 e. The van der Waals surface area contributed by atoms with Crippen LogP contribution >= 0.6 is 7.60 Å². The Bertz CT molecular complexity index is 1420. The highest BCUT2D eigenvalue weighted by Gasteiger charge is 2.35. The summed E-state index contributed by atoms with van der Waals surface area (Å²) in [7, 11) is -3.50. The molecule has 0 saturated carbocycles. The van der Waals surface area contributed by atoms with Crippen molar-refractivity contribution in [2.45, 2.75) is 135 Å². The maximum absolute atomic E-state index is 13.2. The SMILES string of the molecule is CCCCCCCCCCCCCCCCCCN[C@@H](Cc1ccc(OP2(=O)CO[C@@H](Cn3cnc4c(N)ncnc43)CO2)cc1)C(N)=O. The van der Waals surface area contributed by atoms with Gasteiger partial charge in [0.05, 0.1) is 25.5 Å². The first-order chi connectivity index (χ1) is 23.9. The summed E-state index contributed by atoms with van der Waals surface area (Å²) in [5.74, 6) is 0.335. The van der Waals surface area contributed by atoms with Crippen molar-refractivity contribution < 1.29 is 23.1 Å². The molecule has 3 aromatic rings. The fourth-order valence-electron chi connectivity index (χ4n) is 6.19. The van der Waals surface area contributed by atoms with Crippen molar-refractivity contribution in [1.82, 2.24) is 24.8 Å². The van der Waals surface area contributed by atoms with Crippen molar-refractivity contribution in [2.24, 2.45) is 5.73 Å². The second-order valence-electron chi connectivity index (χ2n) is 13.3. The normalized spacial score (nSPS) is 18.5. The van der Waals surface area contributed by atoms with Gasteiger partial charge in [0.1, 0.15) is 23.7 Å². The Balaban J connectivity index is 1.05. The van der Waals surface area contributed by atoms with Gasteiger partial charge in [0.2, 0.25) is 5.91 Å². The fraction of sp³-hybridized carbons (Fsp3) is 0.667. The van der Waals surface area contributed by atoms with E-state index < -0.39 is 13.6 Å². The van der Waals surface area contributed by atoms with E-state index in [1.165, 1.54) is 96.2 Å². The van der Waals surface area contributed by atoms with E-state index in [9.17, 15) is 9.36 Å². The number of primary amides is 1. The molecule has 4 rings (SSSR count). The zero-order chi connectivity index (χ0) is 34.7. The third-order valence-electron chi connectivity index (χ3n) is 9.13. The molecule has 2 aromatic heterocycles. The number of rotatable bonds is 25. The summed E-state index contributed by atoms with van der Waals surface area (Å²) in [6.45, 7) is 3.51. The number of carbonyl (C=O) groups excluding carboxylic acids is 1. The molecule has 272 valence electrons. The van der Waals surface area contributed by atoms with Crippen LogP contribution in [0.4, 0.5) is 5.82 Å². The summed E-state index contributed by atoms with van der Waals surface area (Å²) in [6.07, 6.45) is 24.2. The molecule has 13 heteroatoms. The number of nitrogens with two attached hydrogens (primary N) is 2. The third kappa shape index (κ3) is 13.6. The predicted molar refractivity (Wildman–Crippen MR) is 194 cm³/mol. The van der Waals surface area contributed by atoms with E-state index in [0.29, 0.717) is 35.7 Å². The molecule has 1 aromatic carbocycles. The molecule has 1 aliphatic rings. The van der Waals surface area contributed by atoms with Crippen molar-refractivity contribution in [3.05, 3.63) is 42.5 Å². The first-order valence-electron chi connectivity index (χ1n) is 18.4. The number of imidazole rings is 1. The number of nitrogens with zero attached hydrogens (tertiary/aromatic N) is 4. The van der Waals surface area contributed by atoms with Crippen molar-refractivity contribution in [3.8, 4) is 5.75 Å². The highest BCUT2D eigenvalue weighted by atomic mass is 31.2. The van der Waals surface area contributed by atoms with Gasteiger partial charge in [-0.25, -0.2) is 19.5 Å². The first-order valence-corrected chi connectivity index (χ1v) is 20.2. The Labute approximate surface area is 292 Å². The van der Waals surface area contributed by atoms with Gasteiger partial charge in [-0.15, -0.1) is 0 Å². The number of carbonyl (C=O) groups is 1. The standard InChI is InChI=1S/C36H58N7O5P/c1-2-3-4-5-6-7-8-9-10-11-12-13-14-15-16-17-22-39-32(35(38)44)23-29-18-20-30(21-19-29)48-49(45)28-46-31(25-47-49)24-43-27-42-33-34(37)40-26-41-36(33)43/h18-21,26-27,31-32,39H,2-17,22-25,28H2,1H3,(H2,38,44)(H2,37,40,41)/t31-,32-,49?/m0/s1. The molecule has 3 atom stereocenters. The van der Waals surface area contributed by atoms with Crippen LogP contribution in [0.5, 0.6) is 5.75 Å². The van der Waals surface area contributed by atoms with Gasteiger partial charge in [-0.3, -0.25) is 9.32 Å². The van der Waals surface area contributed by atoms with Crippen LogP contribution in [-0.2, 0) is 31.6 Å². The van der Waals surface area contributed by atoms with Gasteiger partial charge in [0, 0.05) is 0 Å². The van der Waals surface area contributed by atoms with Crippen molar-refractivity contribution in [2.75, 3.05) is 25.2 Å². The number of ether oxygens (including phenoxy) is 1. The molecule has 0 radical (unpaired) electrons. The number of benzene rings is 1. The van der Waals surface area contributed by atoms with Gasteiger partial charge in [-0.05, 0) is 37.1 Å². The number of fused-ring (bicyclic) bond motifs is 1. The predicted octanol–water partition coefficient (Wildman–Crippen LogP) is 7.30. The van der Waals surface area contributed by atoms with Crippen LogP contribution in [0.2, 0.25) is 0 Å². The van der Waals surface area contributed by atoms with Gasteiger partial charge < -0.3 is 30.6 Å². The molecule has 0 spiro atoms. The minimum atomic E-state index is -3.50. The minimum absolute atomic E-state index is 0.0843. The molecular weight excluding hydrogens is 641 g/mol. The number of aromatic nitrogens is 4. The Hall–Kier alpha value is -3.05. The highest BCUT2D eigenvalue weighted by Crippen LogP contribution is 2.51. The zero-order valence-electron chi connectivity index (χ0n) is 29.4. The van der Waals surface area contributed by atoms with E-state index in [0.717, 1.165) is 24.9 Å². The lowest BCUT2D eigenvalue weighted by Crippen LogP contribution is -2.43. The molecule has 5 N–H and O–H groups in total. The second-order valence-corrected chi connectivity index (χ2v) is 15.2. The maximum atomic E-state index is 13.2. The molecular formula is C36H58N7O5P. The van der Waals surface area contributed by atoms with Crippen LogP contribution in [-0.4, -0.2) is 57.1 Å². The Morgan fingerprint density at radius 1 is 0.939 bits per heavy atom. The lowest BCUT2D eigenvalue weighted by molar-refractivity contribution is -0.120. The monoisotopic (exact) mass is 699 g/mol. The first kappa shape index (κ1) is 38.7. The molecule has 0 bridgehead atoms. The third-order valence-corrected chi connectivity index (χ3v) is 10.6. The van der Waals surface area contributed by atoms with Gasteiger partial charge in [-0.1, -0.05) is 115 Å². The second kappa shape index (κ2) is 21.2. The van der Waals surface area contributed by atoms with Crippen molar-refractivity contribution in [3.63, 3.8) is 0 Å². The van der Waals surface area contributed by atoms with Crippen LogP contribution in [0, 0.1) is 0 Å². The Morgan fingerprint density at radius 2 is 1.55 bits per heavy atom. The highest BCUT2D eigenvalue weighted by molar-refractivity contribution is 7.54. The van der Waals surface area contributed by atoms with Crippen LogP contribution < -0.4 is 21.3 Å². The topological polar surface area (TPSA) is 170 Å². The quantitative estimate of drug-likeness (QED) is 0.0602. The van der Waals surface area contributed by atoms with Gasteiger partial charge in [0.15, 0.2) is 17.8 Å². The molecule has 1 unspecified atom stereocenters. The Morgan fingerprint density at radius 3 is 2.12 bits per heavy atom. The average molecular weight is 700 g/mol. The molecule has 1 aliphatic heterocycles. The van der Waals surface area contributed by atoms with E-state index in [1.807, 2.05) is 12.1 Å². The number of nitrogen functional groups attached to an aromatic ring is 1. The average Bonchev–Trinajstić information content (AvgIpc) is 3.51. The Kier molecular flexibility index (Phi) is 16.8. The molecule has 12 nitrogen and oxygen atoms in total. The van der Waals surface area contributed by atoms with Gasteiger partial charge in [0.25, 0.3) is 0 Å². The number of anilines is 1. The van der Waals surface area contributed by atoms with Crippen LogP contribution in [0.25, 0.3) is 11.2 Å². The lowest BCUT2D eigenvalue weighted by Gasteiger charge is -2.29. The van der Waals surface area contributed by atoms with E-state index in [2.05, 4.69) is 27.2 Å². The lowest BCUT2D eigenvalue weighted by atomic mass is 10.0. The van der Waals surface area contributed by atoms with Gasteiger partial charge >= 0.3 is 7.60 Å². The fourth-order valence-corrected chi connectivity index (χ4v) is 7.60. The van der Waals surface area contributed by atoms with E-state index in [1.54, 1.807) is 23.0 Å². The summed E-state index contributed by atoms with van der Waals surface area (Å²) >= 11 is 0. The van der Waals surface area contributed by atoms with Crippen LogP contribution in [0.15, 0.2) is 36.9 Å². The molecule has 1 saturated heterocycles. The smallest absolute Gasteiger partial charge is 0.404 e. The summed E-state index contributed by atoms with van der Waals surface area (Å²) in [6, 6.07) is 6.68. The number of hydrogen-bond donors (Lipinski definition) is 3.